The third-order valence-corrected chi connectivity index (χ3v) is 6.58. The van der Waals surface area contributed by atoms with Gasteiger partial charge in [-0.15, -0.1) is 0 Å². The number of benzene rings is 2. The SMILES string of the molecule is Cc1ccccc1S(=O)(=O)N1CCN(c2ccccc2OC(C)C)CC1. The molecule has 0 unspecified atom stereocenters. The van der Waals surface area contributed by atoms with Gasteiger partial charge in [0.25, 0.3) is 0 Å². The summed E-state index contributed by atoms with van der Waals surface area (Å²) in [7, 11) is -3.45. The molecule has 0 saturated carbocycles. The van der Waals surface area contributed by atoms with Crippen molar-refractivity contribution in [1.82, 2.24) is 4.31 Å². The molecule has 26 heavy (non-hydrogen) atoms. The summed E-state index contributed by atoms with van der Waals surface area (Å²) >= 11 is 0. The standard InChI is InChI=1S/C20H26N2O3S/c1-16(2)25-19-10-6-5-9-18(19)21-12-14-22(15-13-21)26(23,24)20-11-7-4-8-17(20)3/h4-11,16H,12-15H2,1-3H3. The van der Waals surface area contributed by atoms with Gasteiger partial charge in [-0.05, 0) is 44.5 Å². The summed E-state index contributed by atoms with van der Waals surface area (Å²) in [6, 6.07) is 15.1. The number of rotatable bonds is 5. The Morgan fingerprint density at radius 2 is 1.54 bits per heavy atom. The van der Waals surface area contributed by atoms with E-state index in [1.54, 1.807) is 16.4 Å². The van der Waals surface area contributed by atoms with E-state index < -0.39 is 10.0 Å². The fourth-order valence-electron chi connectivity index (χ4n) is 3.23. The van der Waals surface area contributed by atoms with E-state index in [2.05, 4.69) is 4.90 Å². The molecular weight excluding hydrogens is 348 g/mol. The highest BCUT2D eigenvalue weighted by Crippen LogP contribution is 2.30. The number of hydrogen-bond donors (Lipinski definition) is 0. The van der Waals surface area contributed by atoms with Gasteiger partial charge < -0.3 is 9.64 Å². The van der Waals surface area contributed by atoms with Crippen LogP contribution in [-0.2, 0) is 10.0 Å². The highest BCUT2D eigenvalue weighted by molar-refractivity contribution is 7.89. The van der Waals surface area contributed by atoms with Crippen LogP contribution in [0.2, 0.25) is 0 Å². The molecule has 2 aromatic rings. The van der Waals surface area contributed by atoms with Crippen LogP contribution in [-0.4, -0.2) is 45.0 Å². The summed E-state index contributed by atoms with van der Waals surface area (Å²) in [6.45, 7) is 8.06. The Labute approximate surface area is 156 Å². The maximum absolute atomic E-state index is 12.9. The van der Waals surface area contributed by atoms with Crippen molar-refractivity contribution in [2.75, 3.05) is 31.1 Å². The molecule has 2 aromatic carbocycles. The van der Waals surface area contributed by atoms with Crippen molar-refractivity contribution in [3.8, 4) is 5.75 Å². The van der Waals surface area contributed by atoms with Crippen molar-refractivity contribution in [3.05, 3.63) is 54.1 Å². The zero-order valence-corrected chi connectivity index (χ0v) is 16.4. The lowest BCUT2D eigenvalue weighted by atomic mass is 10.2. The smallest absolute Gasteiger partial charge is 0.243 e. The van der Waals surface area contributed by atoms with E-state index in [1.807, 2.05) is 57.2 Å². The molecule has 0 spiro atoms. The monoisotopic (exact) mass is 374 g/mol. The lowest BCUT2D eigenvalue weighted by Crippen LogP contribution is -2.48. The number of sulfonamides is 1. The Morgan fingerprint density at radius 3 is 2.19 bits per heavy atom. The summed E-state index contributed by atoms with van der Waals surface area (Å²) in [5.74, 6) is 0.845. The van der Waals surface area contributed by atoms with Crippen LogP contribution < -0.4 is 9.64 Å². The molecule has 1 saturated heterocycles. The second-order valence-electron chi connectivity index (χ2n) is 6.79. The van der Waals surface area contributed by atoms with Gasteiger partial charge in [-0.3, -0.25) is 0 Å². The van der Waals surface area contributed by atoms with E-state index >= 15 is 0 Å². The van der Waals surface area contributed by atoms with Crippen LogP contribution >= 0.6 is 0 Å². The molecule has 0 aliphatic carbocycles. The van der Waals surface area contributed by atoms with Crippen LogP contribution in [0, 0.1) is 6.92 Å². The second-order valence-corrected chi connectivity index (χ2v) is 8.70. The molecule has 3 rings (SSSR count). The lowest BCUT2D eigenvalue weighted by molar-refractivity contribution is 0.242. The zero-order chi connectivity index (χ0) is 18.7. The van der Waals surface area contributed by atoms with E-state index in [0.29, 0.717) is 31.1 Å². The Morgan fingerprint density at radius 1 is 0.923 bits per heavy atom. The van der Waals surface area contributed by atoms with Gasteiger partial charge in [0, 0.05) is 26.2 Å². The third kappa shape index (κ3) is 3.86. The predicted octanol–water partition coefficient (Wildman–Crippen LogP) is 3.29. The first-order chi connectivity index (χ1) is 12.4. The van der Waals surface area contributed by atoms with Gasteiger partial charge in [0.2, 0.25) is 10.0 Å². The number of piperazine rings is 1. The van der Waals surface area contributed by atoms with Crippen LogP contribution in [0.3, 0.4) is 0 Å². The molecule has 140 valence electrons. The van der Waals surface area contributed by atoms with Crippen molar-refractivity contribution in [3.63, 3.8) is 0 Å². The van der Waals surface area contributed by atoms with E-state index in [0.717, 1.165) is 17.0 Å². The van der Waals surface area contributed by atoms with Gasteiger partial charge in [0.1, 0.15) is 5.75 Å². The lowest BCUT2D eigenvalue weighted by Gasteiger charge is -2.36. The van der Waals surface area contributed by atoms with Crippen molar-refractivity contribution in [2.24, 2.45) is 0 Å². The summed E-state index contributed by atoms with van der Waals surface area (Å²) in [5, 5.41) is 0. The van der Waals surface area contributed by atoms with Gasteiger partial charge in [-0.2, -0.15) is 4.31 Å². The average Bonchev–Trinajstić information content (AvgIpc) is 2.62. The van der Waals surface area contributed by atoms with Crippen LogP contribution in [0.4, 0.5) is 5.69 Å². The molecule has 0 bridgehead atoms. The first kappa shape index (κ1) is 18.7. The molecule has 5 nitrogen and oxygen atoms in total. The minimum absolute atomic E-state index is 0.0962. The Kier molecular flexibility index (Phi) is 5.53. The van der Waals surface area contributed by atoms with Crippen LogP contribution in [0.15, 0.2) is 53.4 Å². The first-order valence-corrected chi connectivity index (χ1v) is 10.4. The van der Waals surface area contributed by atoms with Gasteiger partial charge in [0.15, 0.2) is 0 Å². The van der Waals surface area contributed by atoms with Gasteiger partial charge in [0.05, 0.1) is 16.7 Å². The summed E-state index contributed by atoms with van der Waals surface area (Å²) in [4.78, 5) is 2.60. The van der Waals surface area contributed by atoms with Crippen LogP contribution in [0.25, 0.3) is 0 Å². The Hall–Kier alpha value is -2.05. The Balaban J connectivity index is 1.75. The summed E-state index contributed by atoms with van der Waals surface area (Å²) in [6.07, 6.45) is 0.0962. The third-order valence-electron chi connectivity index (χ3n) is 4.52. The molecule has 1 fully saturated rings. The average molecular weight is 375 g/mol. The molecule has 1 aliphatic heterocycles. The van der Waals surface area contributed by atoms with E-state index in [1.165, 1.54) is 0 Å². The van der Waals surface area contributed by atoms with Gasteiger partial charge in [-0.25, -0.2) is 8.42 Å². The van der Waals surface area contributed by atoms with Crippen LogP contribution in [0.1, 0.15) is 19.4 Å². The minimum Gasteiger partial charge on any atom is -0.489 e. The number of anilines is 1. The van der Waals surface area contributed by atoms with Crippen molar-refractivity contribution in [2.45, 2.75) is 31.8 Å². The second kappa shape index (κ2) is 7.68. The molecule has 1 heterocycles. The molecule has 6 heteroatoms. The Bertz CT molecular complexity index is 857. The summed E-state index contributed by atoms with van der Waals surface area (Å²) in [5.41, 5.74) is 1.81. The first-order valence-electron chi connectivity index (χ1n) is 8.96. The summed E-state index contributed by atoms with van der Waals surface area (Å²) < 4.78 is 33.4. The van der Waals surface area contributed by atoms with Crippen molar-refractivity contribution >= 4 is 15.7 Å². The highest BCUT2D eigenvalue weighted by atomic mass is 32.2. The number of aryl methyl sites for hydroxylation is 1. The largest absolute Gasteiger partial charge is 0.489 e. The minimum atomic E-state index is -3.45. The van der Waals surface area contributed by atoms with E-state index in [9.17, 15) is 8.42 Å². The zero-order valence-electron chi connectivity index (χ0n) is 15.6. The van der Waals surface area contributed by atoms with E-state index in [4.69, 9.17) is 4.74 Å². The molecule has 0 atom stereocenters. The van der Waals surface area contributed by atoms with Crippen LogP contribution in [0.5, 0.6) is 5.75 Å². The molecule has 0 N–H and O–H groups in total. The molecule has 0 aromatic heterocycles. The molecule has 1 aliphatic rings. The normalized spacial score (nSPS) is 16.1. The fourth-order valence-corrected chi connectivity index (χ4v) is 4.87. The van der Waals surface area contributed by atoms with E-state index in [-0.39, 0.29) is 6.10 Å². The molecule has 0 radical (unpaired) electrons. The quantitative estimate of drug-likeness (QED) is 0.806. The maximum atomic E-state index is 12.9. The topological polar surface area (TPSA) is 49.9 Å². The van der Waals surface area contributed by atoms with Gasteiger partial charge >= 0.3 is 0 Å². The predicted molar refractivity (Wildman–Crippen MR) is 104 cm³/mol. The highest BCUT2D eigenvalue weighted by Gasteiger charge is 2.30. The van der Waals surface area contributed by atoms with Crippen molar-refractivity contribution < 1.29 is 13.2 Å². The number of nitrogens with zero attached hydrogens (tertiary/aromatic N) is 2. The number of ether oxygens (including phenoxy) is 1. The number of hydrogen-bond acceptors (Lipinski definition) is 4. The molecular formula is C20H26N2O3S. The maximum Gasteiger partial charge on any atom is 0.243 e. The van der Waals surface area contributed by atoms with Crippen molar-refractivity contribution in [1.29, 1.82) is 0 Å². The number of para-hydroxylation sites is 2. The molecule has 0 amide bonds. The fraction of sp³-hybridized carbons (Fsp3) is 0.400. The van der Waals surface area contributed by atoms with Gasteiger partial charge in [-0.1, -0.05) is 30.3 Å².